The van der Waals surface area contributed by atoms with Crippen LogP contribution in [0.3, 0.4) is 0 Å². The molecule has 1 aromatic heterocycles. The van der Waals surface area contributed by atoms with E-state index in [1.165, 1.54) is 18.6 Å². The molecule has 3 amide bonds. The Kier molecular flexibility index (Phi) is 8.64. The highest BCUT2D eigenvalue weighted by Crippen LogP contribution is 2.21. The van der Waals surface area contributed by atoms with E-state index < -0.39 is 11.8 Å². The third-order valence-corrected chi connectivity index (χ3v) is 3.85. The van der Waals surface area contributed by atoms with E-state index in [9.17, 15) is 14.4 Å². The first kappa shape index (κ1) is 21.9. The van der Waals surface area contributed by atoms with Crippen LogP contribution in [0.15, 0.2) is 63.2 Å². The molecular formula is C19H19BrN4O5. The molecule has 10 heteroatoms. The van der Waals surface area contributed by atoms with Crippen LogP contribution in [-0.2, 0) is 20.9 Å². The van der Waals surface area contributed by atoms with Gasteiger partial charge in [-0.2, -0.15) is 5.10 Å². The number of hydrogen-bond donors (Lipinski definition) is 3. The van der Waals surface area contributed by atoms with Crippen LogP contribution in [-0.4, -0.2) is 37.1 Å². The molecule has 0 radical (unpaired) electrons. The molecule has 152 valence electrons. The van der Waals surface area contributed by atoms with E-state index >= 15 is 0 Å². The summed E-state index contributed by atoms with van der Waals surface area (Å²) in [6.07, 6.45) is 4.27. The summed E-state index contributed by atoms with van der Waals surface area (Å²) in [6, 6.07) is 8.53. The van der Waals surface area contributed by atoms with E-state index in [4.69, 9.17) is 9.15 Å². The van der Waals surface area contributed by atoms with Gasteiger partial charge in [-0.1, -0.05) is 22.0 Å². The first-order chi connectivity index (χ1) is 14.0. The lowest BCUT2D eigenvalue weighted by atomic mass is 10.2. The minimum absolute atomic E-state index is 0.168. The van der Waals surface area contributed by atoms with Crippen molar-refractivity contribution in [1.82, 2.24) is 16.1 Å². The largest absolute Gasteiger partial charge is 0.483 e. The smallest absolute Gasteiger partial charge is 0.329 e. The summed E-state index contributed by atoms with van der Waals surface area (Å²) < 4.78 is 11.4. The van der Waals surface area contributed by atoms with Gasteiger partial charge in [-0.05, 0) is 30.3 Å². The van der Waals surface area contributed by atoms with Crippen molar-refractivity contribution >= 4 is 39.9 Å². The van der Waals surface area contributed by atoms with Crippen LogP contribution in [0.2, 0.25) is 0 Å². The van der Waals surface area contributed by atoms with Gasteiger partial charge in [0.25, 0.3) is 5.91 Å². The topological polar surface area (TPSA) is 122 Å². The maximum absolute atomic E-state index is 11.9. The lowest BCUT2D eigenvalue weighted by Gasteiger charge is -2.09. The van der Waals surface area contributed by atoms with Crippen LogP contribution in [0, 0.1) is 0 Å². The predicted octanol–water partition coefficient (Wildman–Crippen LogP) is 1.49. The van der Waals surface area contributed by atoms with Crippen molar-refractivity contribution in [2.24, 2.45) is 5.10 Å². The summed E-state index contributed by atoms with van der Waals surface area (Å²) in [5, 5.41) is 8.74. The van der Waals surface area contributed by atoms with Crippen LogP contribution in [0.5, 0.6) is 5.75 Å². The number of carbonyl (C=O) groups is 3. The van der Waals surface area contributed by atoms with Gasteiger partial charge in [0.2, 0.25) is 0 Å². The van der Waals surface area contributed by atoms with Crippen LogP contribution in [0.25, 0.3) is 0 Å². The Bertz CT molecular complexity index is 896. The molecular weight excluding hydrogens is 444 g/mol. The molecule has 0 atom stereocenters. The van der Waals surface area contributed by atoms with Gasteiger partial charge >= 0.3 is 11.8 Å². The quantitative estimate of drug-likeness (QED) is 0.225. The first-order valence-electron chi connectivity index (χ1n) is 8.43. The Balaban J connectivity index is 1.90. The molecule has 29 heavy (non-hydrogen) atoms. The summed E-state index contributed by atoms with van der Waals surface area (Å²) in [7, 11) is 0. The van der Waals surface area contributed by atoms with Crippen LogP contribution < -0.4 is 20.8 Å². The van der Waals surface area contributed by atoms with E-state index in [0.29, 0.717) is 17.1 Å². The number of nitrogens with zero attached hydrogens (tertiary/aromatic N) is 1. The van der Waals surface area contributed by atoms with E-state index in [0.717, 1.165) is 4.47 Å². The van der Waals surface area contributed by atoms with E-state index in [1.807, 2.05) is 0 Å². The average molecular weight is 463 g/mol. The van der Waals surface area contributed by atoms with Crippen molar-refractivity contribution in [3.05, 3.63) is 65.0 Å². The van der Waals surface area contributed by atoms with Gasteiger partial charge in [0.15, 0.2) is 6.61 Å². The highest BCUT2D eigenvalue weighted by molar-refractivity contribution is 9.10. The lowest BCUT2D eigenvalue weighted by Crippen LogP contribution is -2.37. The average Bonchev–Trinajstić information content (AvgIpc) is 3.23. The molecule has 1 heterocycles. The van der Waals surface area contributed by atoms with Gasteiger partial charge in [0.05, 0.1) is 19.0 Å². The number of halogens is 1. The number of nitrogens with one attached hydrogen (secondary N) is 3. The predicted molar refractivity (Wildman–Crippen MR) is 109 cm³/mol. The summed E-state index contributed by atoms with van der Waals surface area (Å²) in [5.41, 5.74) is 2.60. The second-order valence-electron chi connectivity index (χ2n) is 5.52. The highest BCUT2D eigenvalue weighted by Gasteiger charge is 2.11. The minimum Gasteiger partial charge on any atom is -0.483 e. The van der Waals surface area contributed by atoms with Gasteiger partial charge in [-0.25, -0.2) is 5.43 Å². The van der Waals surface area contributed by atoms with Crippen molar-refractivity contribution < 1.29 is 23.5 Å². The molecule has 1 aromatic carbocycles. The fourth-order valence-corrected chi connectivity index (χ4v) is 2.38. The monoisotopic (exact) mass is 462 g/mol. The van der Waals surface area contributed by atoms with Crippen molar-refractivity contribution in [1.29, 1.82) is 0 Å². The number of furan rings is 1. The Morgan fingerprint density at radius 2 is 2.03 bits per heavy atom. The number of hydrogen-bond acceptors (Lipinski definition) is 6. The Labute approximate surface area is 175 Å². The van der Waals surface area contributed by atoms with Crippen LogP contribution in [0.1, 0.15) is 11.3 Å². The molecule has 0 aliphatic heterocycles. The van der Waals surface area contributed by atoms with E-state index in [-0.39, 0.29) is 25.6 Å². The zero-order valence-electron chi connectivity index (χ0n) is 15.3. The summed E-state index contributed by atoms with van der Waals surface area (Å²) in [5.74, 6) is -1.09. The fourth-order valence-electron chi connectivity index (χ4n) is 2.00. The third-order valence-electron chi connectivity index (χ3n) is 3.35. The zero-order chi connectivity index (χ0) is 21.1. The summed E-state index contributed by atoms with van der Waals surface area (Å²) in [6.45, 7) is 3.64. The SMILES string of the molecule is C=CCNC(=O)C(=O)N/N=C\c1cc(Br)ccc1OCC(=O)NCc1ccco1. The number of amides is 3. The fraction of sp³-hybridized carbons (Fsp3) is 0.158. The Morgan fingerprint density at radius 3 is 2.76 bits per heavy atom. The van der Waals surface area contributed by atoms with E-state index in [1.54, 1.807) is 30.3 Å². The number of carbonyl (C=O) groups excluding carboxylic acids is 3. The Hall–Kier alpha value is -3.40. The number of hydrazone groups is 1. The van der Waals surface area contributed by atoms with Crippen molar-refractivity contribution in [3.8, 4) is 5.75 Å². The lowest BCUT2D eigenvalue weighted by molar-refractivity contribution is -0.139. The molecule has 0 aliphatic rings. The molecule has 0 spiro atoms. The van der Waals surface area contributed by atoms with Gasteiger partial charge in [-0.15, -0.1) is 6.58 Å². The molecule has 0 aliphatic carbocycles. The van der Waals surface area contributed by atoms with Crippen molar-refractivity contribution in [2.45, 2.75) is 6.54 Å². The molecule has 0 saturated carbocycles. The molecule has 3 N–H and O–H groups in total. The van der Waals surface area contributed by atoms with Gasteiger partial charge in [-0.3, -0.25) is 14.4 Å². The standard InChI is InChI=1S/C19H19BrN4O5/c1-2-7-21-18(26)19(27)24-23-10-13-9-14(20)5-6-16(13)29-12-17(25)22-11-15-4-3-8-28-15/h2-6,8-10H,1,7,11-12H2,(H,21,26)(H,22,25)(H,24,27)/b23-10-. The third kappa shape index (κ3) is 7.62. The number of rotatable bonds is 9. The molecule has 0 saturated heterocycles. The molecule has 2 rings (SSSR count). The molecule has 2 aromatic rings. The van der Waals surface area contributed by atoms with Gasteiger partial charge < -0.3 is 19.8 Å². The molecule has 0 bridgehead atoms. The van der Waals surface area contributed by atoms with Crippen molar-refractivity contribution in [2.75, 3.05) is 13.2 Å². The zero-order valence-corrected chi connectivity index (χ0v) is 16.9. The maximum atomic E-state index is 11.9. The van der Waals surface area contributed by atoms with Crippen molar-refractivity contribution in [3.63, 3.8) is 0 Å². The van der Waals surface area contributed by atoms with Crippen LogP contribution >= 0.6 is 15.9 Å². The number of benzene rings is 1. The van der Waals surface area contributed by atoms with E-state index in [2.05, 4.69) is 43.7 Å². The maximum Gasteiger partial charge on any atom is 0.329 e. The minimum atomic E-state index is -0.919. The van der Waals surface area contributed by atoms with Gasteiger partial charge in [0.1, 0.15) is 11.5 Å². The first-order valence-corrected chi connectivity index (χ1v) is 9.22. The molecule has 0 unspecified atom stereocenters. The summed E-state index contributed by atoms with van der Waals surface area (Å²) in [4.78, 5) is 35.0. The second-order valence-corrected chi connectivity index (χ2v) is 6.44. The number of ether oxygens (including phenoxy) is 1. The highest BCUT2D eigenvalue weighted by atomic mass is 79.9. The normalized spacial score (nSPS) is 10.4. The van der Waals surface area contributed by atoms with Gasteiger partial charge in [0, 0.05) is 16.6 Å². The summed E-state index contributed by atoms with van der Waals surface area (Å²) >= 11 is 3.33. The molecule has 9 nitrogen and oxygen atoms in total. The molecule has 0 fully saturated rings. The Morgan fingerprint density at radius 1 is 1.21 bits per heavy atom. The van der Waals surface area contributed by atoms with Crippen LogP contribution in [0.4, 0.5) is 0 Å². The second kappa shape index (κ2) is 11.4.